The summed E-state index contributed by atoms with van der Waals surface area (Å²) in [6.45, 7) is 0. The first-order valence-corrected chi connectivity index (χ1v) is 5.43. The van der Waals surface area contributed by atoms with Crippen molar-refractivity contribution in [3.05, 3.63) is 0 Å². The Bertz CT molecular complexity index is 190. The lowest BCUT2D eigenvalue weighted by atomic mass is 11.0. The molecule has 1 rings (SSSR count). The van der Waals surface area contributed by atoms with Crippen molar-refractivity contribution in [3.63, 3.8) is 0 Å². The van der Waals surface area contributed by atoms with Gasteiger partial charge in [0.1, 0.15) is 0 Å². The van der Waals surface area contributed by atoms with E-state index in [4.69, 9.17) is 0 Å². The molecular weight excluding hydrogens is 237 g/mol. The van der Waals surface area contributed by atoms with Gasteiger partial charge in [-0.25, -0.2) is 4.21 Å². The van der Waals surface area contributed by atoms with Crippen molar-refractivity contribution >= 4 is 32.6 Å². The molecule has 1 aliphatic carbocycles. The molecule has 4 heteroatoms. The van der Waals surface area contributed by atoms with Gasteiger partial charge in [0.05, 0.1) is 32.6 Å². The monoisotopic (exact) mass is 245 g/mol. The maximum Gasteiger partial charge on any atom is 0.0952 e. The van der Waals surface area contributed by atoms with Crippen LogP contribution < -0.4 is 0 Å². The van der Waals surface area contributed by atoms with Gasteiger partial charge in [-0.3, -0.25) is 0 Å². The third-order valence-electron chi connectivity index (χ3n) is 1.28. The molecule has 0 N–H and O–H groups in total. The Morgan fingerprint density at radius 3 is 2.38 bits per heavy atom. The van der Waals surface area contributed by atoms with Crippen LogP contribution in [-0.2, 0) is 9.73 Å². The summed E-state index contributed by atoms with van der Waals surface area (Å²) in [5.41, 5.74) is 0. The molecule has 8 heavy (non-hydrogen) atoms. The molecule has 0 aromatic heterocycles. The Morgan fingerprint density at radius 2 is 2.25 bits per heavy atom. The number of hydrogen-bond donors (Lipinski definition) is 0. The summed E-state index contributed by atoms with van der Waals surface area (Å²) < 4.78 is 14.9. The van der Waals surface area contributed by atoms with Crippen molar-refractivity contribution < 1.29 is 4.21 Å². The Labute approximate surface area is 63.7 Å². The molecule has 0 radical (unpaired) electrons. The van der Waals surface area contributed by atoms with Crippen molar-refractivity contribution in [3.8, 4) is 0 Å². The predicted molar refractivity (Wildman–Crippen MR) is 43.5 cm³/mol. The van der Waals surface area contributed by atoms with Crippen LogP contribution >= 0.6 is 22.9 Å². The molecule has 0 aliphatic heterocycles. The summed E-state index contributed by atoms with van der Waals surface area (Å²) in [5.74, 6) is 0. The minimum Gasteiger partial charge on any atom is -0.249 e. The van der Waals surface area contributed by atoms with Crippen LogP contribution in [0.4, 0.5) is 0 Å². The maximum atomic E-state index is 11.1. The molecule has 48 valence electrons. The lowest BCUT2D eigenvalue weighted by Gasteiger charge is -1.93. The summed E-state index contributed by atoms with van der Waals surface area (Å²) in [7, 11) is -1.76. The molecule has 0 heterocycles. The van der Waals surface area contributed by atoms with E-state index in [-0.39, 0.29) is 0 Å². The summed E-state index contributed by atoms with van der Waals surface area (Å²) in [6, 6.07) is 0. The van der Waals surface area contributed by atoms with Gasteiger partial charge in [-0.2, -0.15) is 2.58 Å². The number of hydrogen-bond acceptors (Lipinski definition) is 2. The third kappa shape index (κ3) is 1.34. The molecule has 1 aliphatic rings. The first-order valence-electron chi connectivity index (χ1n) is 2.48. The van der Waals surface area contributed by atoms with Crippen molar-refractivity contribution in [2.75, 3.05) is 6.26 Å². The molecule has 1 unspecified atom stereocenters. The zero-order valence-electron chi connectivity index (χ0n) is 4.63. The van der Waals surface area contributed by atoms with E-state index in [1.165, 1.54) is 0 Å². The van der Waals surface area contributed by atoms with Crippen molar-refractivity contribution in [2.24, 2.45) is 2.58 Å². The van der Waals surface area contributed by atoms with E-state index >= 15 is 0 Å². The first-order chi connectivity index (χ1) is 3.67. The molecule has 0 amide bonds. The summed E-state index contributed by atoms with van der Waals surface area (Å²) in [4.78, 5) is 0. The quantitative estimate of drug-likeness (QED) is 0.645. The largest absolute Gasteiger partial charge is 0.249 e. The van der Waals surface area contributed by atoms with Gasteiger partial charge in [-0.15, -0.1) is 0 Å². The topological polar surface area (TPSA) is 29.4 Å². The highest BCUT2D eigenvalue weighted by Gasteiger charge is 2.29. The van der Waals surface area contributed by atoms with Crippen LogP contribution in [0.1, 0.15) is 12.8 Å². The van der Waals surface area contributed by atoms with Gasteiger partial charge in [0.15, 0.2) is 0 Å². The molecule has 1 fully saturated rings. The summed E-state index contributed by atoms with van der Waals surface area (Å²) in [6.07, 6.45) is 3.96. The second kappa shape index (κ2) is 2.13. The lowest BCUT2D eigenvalue weighted by molar-refractivity contribution is 0.681. The van der Waals surface area contributed by atoms with Gasteiger partial charge in [0, 0.05) is 11.5 Å². The molecule has 0 aromatic rings. The van der Waals surface area contributed by atoms with E-state index in [1.54, 1.807) is 6.26 Å². The first kappa shape index (κ1) is 6.80. The van der Waals surface area contributed by atoms with Crippen LogP contribution in [0.2, 0.25) is 0 Å². The van der Waals surface area contributed by atoms with E-state index in [0.29, 0.717) is 5.25 Å². The van der Waals surface area contributed by atoms with Gasteiger partial charge in [-0.05, 0) is 12.8 Å². The predicted octanol–water partition coefficient (Wildman–Crippen LogP) is 1.60. The van der Waals surface area contributed by atoms with E-state index in [0.717, 1.165) is 12.8 Å². The van der Waals surface area contributed by atoms with Gasteiger partial charge >= 0.3 is 0 Å². The highest BCUT2D eigenvalue weighted by Crippen LogP contribution is 2.29. The maximum absolute atomic E-state index is 11.1. The normalized spacial score (nSPS) is 26.8. The van der Waals surface area contributed by atoms with Crippen molar-refractivity contribution in [2.45, 2.75) is 18.1 Å². The van der Waals surface area contributed by atoms with Crippen molar-refractivity contribution in [1.82, 2.24) is 0 Å². The molecule has 0 saturated heterocycles. The molecule has 1 atom stereocenters. The average molecular weight is 245 g/mol. The minimum absolute atomic E-state index is 0.416. The molecule has 1 saturated carbocycles. The van der Waals surface area contributed by atoms with Crippen LogP contribution in [0.3, 0.4) is 0 Å². The Kier molecular flexibility index (Phi) is 1.81. The lowest BCUT2D eigenvalue weighted by Crippen LogP contribution is -2.00. The zero-order chi connectivity index (χ0) is 6.20. The standard InChI is InChI=1S/C4H8INOS/c1-8(7,6-5)4-2-3-4/h4H,2-3H2,1H3. The fourth-order valence-corrected chi connectivity index (χ4v) is 2.65. The molecular formula is C4H8INOS. The van der Waals surface area contributed by atoms with Gasteiger partial charge in [-0.1, -0.05) is 0 Å². The van der Waals surface area contributed by atoms with Gasteiger partial charge < -0.3 is 0 Å². The van der Waals surface area contributed by atoms with E-state index in [9.17, 15) is 4.21 Å². The number of rotatable bonds is 1. The van der Waals surface area contributed by atoms with Crippen molar-refractivity contribution in [1.29, 1.82) is 0 Å². The van der Waals surface area contributed by atoms with E-state index in [2.05, 4.69) is 2.58 Å². The third-order valence-corrected chi connectivity index (χ3v) is 5.61. The Hall–Kier alpha value is 0.680. The second-order valence-electron chi connectivity index (χ2n) is 2.13. The van der Waals surface area contributed by atoms with Crippen LogP contribution in [0.5, 0.6) is 0 Å². The molecule has 2 nitrogen and oxygen atoms in total. The average Bonchev–Trinajstić information content (AvgIpc) is 2.44. The molecule has 0 aromatic carbocycles. The smallest absolute Gasteiger partial charge is 0.0952 e. The van der Waals surface area contributed by atoms with Gasteiger partial charge in [0.2, 0.25) is 0 Å². The van der Waals surface area contributed by atoms with Crippen LogP contribution in [0.15, 0.2) is 2.58 Å². The van der Waals surface area contributed by atoms with Crippen LogP contribution in [-0.4, -0.2) is 15.7 Å². The minimum atomic E-state index is -1.76. The fraction of sp³-hybridized carbons (Fsp3) is 1.00. The molecule has 0 spiro atoms. The van der Waals surface area contributed by atoms with Gasteiger partial charge in [0.25, 0.3) is 0 Å². The van der Waals surface area contributed by atoms with E-state index < -0.39 is 9.73 Å². The van der Waals surface area contributed by atoms with Crippen LogP contribution in [0, 0.1) is 0 Å². The summed E-state index contributed by atoms with van der Waals surface area (Å²) >= 11 is 1.83. The van der Waals surface area contributed by atoms with E-state index in [1.807, 2.05) is 22.9 Å². The summed E-state index contributed by atoms with van der Waals surface area (Å²) in [5, 5.41) is 0.416. The highest BCUT2D eigenvalue weighted by molar-refractivity contribution is 14.1. The van der Waals surface area contributed by atoms with Crippen LogP contribution in [0.25, 0.3) is 0 Å². The SMILES string of the molecule is CS(=O)(=NI)C1CC1. The fourth-order valence-electron chi connectivity index (χ4n) is 0.562. The number of halogens is 1. The Balaban J connectivity index is 2.80. The Morgan fingerprint density at radius 1 is 1.75 bits per heavy atom. The number of nitrogens with zero attached hydrogens (tertiary/aromatic N) is 1. The molecule has 0 bridgehead atoms. The zero-order valence-corrected chi connectivity index (χ0v) is 7.61. The highest BCUT2D eigenvalue weighted by atomic mass is 127. The second-order valence-corrected chi connectivity index (χ2v) is 5.84.